The van der Waals surface area contributed by atoms with Crippen molar-refractivity contribution in [3.8, 4) is 5.75 Å². The number of amides is 1. The third-order valence-electron chi connectivity index (χ3n) is 3.64. The van der Waals surface area contributed by atoms with Crippen molar-refractivity contribution in [2.45, 2.75) is 4.90 Å². The van der Waals surface area contributed by atoms with E-state index >= 15 is 0 Å². The van der Waals surface area contributed by atoms with E-state index in [0.717, 1.165) is 11.8 Å². The number of hydrogen-bond acceptors (Lipinski definition) is 6. The summed E-state index contributed by atoms with van der Waals surface area (Å²) in [6.45, 7) is -0.499. The molecule has 146 valence electrons. The Morgan fingerprint density at radius 3 is 2.71 bits per heavy atom. The van der Waals surface area contributed by atoms with E-state index in [2.05, 4.69) is 5.32 Å². The van der Waals surface area contributed by atoms with Crippen LogP contribution in [-0.4, -0.2) is 36.6 Å². The lowest BCUT2D eigenvalue weighted by Gasteiger charge is -2.18. The van der Waals surface area contributed by atoms with Crippen LogP contribution in [0.2, 0.25) is 15.1 Å². The highest BCUT2D eigenvalue weighted by atomic mass is 35.5. The number of carbonyl (C=O) groups is 3. The first-order valence-electron chi connectivity index (χ1n) is 7.87. The molecule has 1 aliphatic heterocycles. The van der Waals surface area contributed by atoms with Gasteiger partial charge < -0.3 is 14.8 Å². The average Bonchev–Trinajstić information content (AvgIpc) is 2.69. The zero-order chi connectivity index (χ0) is 20.3. The topological polar surface area (TPSA) is 81.7 Å². The second-order valence-electron chi connectivity index (χ2n) is 5.59. The Bertz CT molecular complexity index is 966. The first-order valence-corrected chi connectivity index (χ1v) is 9.99. The molecule has 1 amide bonds. The molecule has 0 spiro atoms. The minimum atomic E-state index is -0.588. The zero-order valence-electron chi connectivity index (χ0n) is 14.1. The Kier molecular flexibility index (Phi) is 6.72. The molecule has 2 aromatic carbocycles. The maximum Gasteiger partial charge on any atom is 0.316 e. The van der Waals surface area contributed by atoms with Crippen LogP contribution in [-0.2, 0) is 14.3 Å². The van der Waals surface area contributed by atoms with Gasteiger partial charge in [0.25, 0.3) is 5.91 Å². The van der Waals surface area contributed by atoms with Crippen molar-refractivity contribution in [2.24, 2.45) is 0 Å². The van der Waals surface area contributed by atoms with Crippen LogP contribution in [0, 0.1) is 0 Å². The smallest absolute Gasteiger partial charge is 0.316 e. The largest absolute Gasteiger partial charge is 0.482 e. The van der Waals surface area contributed by atoms with E-state index in [-0.39, 0.29) is 33.9 Å². The Labute approximate surface area is 179 Å². The second kappa shape index (κ2) is 9.05. The summed E-state index contributed by atoms with van der Waals surface area (Å²) in [5.74, 6) is -0.882. The van der Waals surface area contributed by atoms with E-state index in [1.807, 2.05) is 0 Å². The first-order chi connectivity index (χ1) is 13.3. The lowest BCUT2D eigenvalue weighted by Crippen LogP contribution is -2.25. The standard InChI is InChI=1S/C18H12Cl3NO5S/c19-10-2-4-14(18(21)17(10)20)28-8-16(25)27-6-12(23)9-1-3-13-11(5-9)22-15(24)7-26-13/h1-5H,6-8H2,(H,22,24). The van der Waals surface area contributed by atoms with E-state index in [4.69, 9.17) is 44.3 Å². The summed E-state index contributed by atoms with van der Waals surface area (Å²) >= 11 is 19.0. The number of rotatable bonds is 6. The molecular weight excluding hydrogens is 449 g/mol. The summed E-state index contributed by atoms with van der Waals surface area (Å²) in [6.07, 6.45) is 0. The van der Waals surface area contributed by atoms with Gasteiger partial charge in [-0.15, -0.1) is 11.8 Å². The third kappa shape index (κ3) is 4.91. The number of halogens is 3. The number of carbonyl (C=O) groups excluding carboxylic acids is 3. The summed E-state index contributed by atoms with van der Waals surface area (Å²) in [6, 6.07) is 7.81. The summed E-state index contributed by atoms with van der Waals surface area (Å²) < 4.78 is 10.2. The number of nitrogens with one attached hydrogen (secondary N) is 1. The van der Waals surface area contributed by atoms with Gasteiger partial charge in [0.2, 0.25) is 0 Å². The summed E-state index contributed by atoms with van der Waals surface area (Å²) in [7, 11) is 0. The number of hydrogen-bond donors (Lipinski definition) is 1. The number of thioether (sulfide) groups is 1. The number of anilines is 1. The molecule has 3 rings (SSSR count). The Hall–Kier alpha value is -1.93. The van der Waals surface area contributed by atoms with Gasteiger partial charge in [-0.3, -0.25) is 14.4 Å². The maximum absolute atomic E-state index is 12.2. The van der Waals surface area contributed by atoms with E-state index in [1.165, 1.54) is 12.1 Å². The molecular formula is C18H12Cl3NO5S. The van der Waals surface area contributed by atoms with Crippen LogP contribution in [0.5, 0.6) is 5.75 Å². The molecule has 0 aliphatic carbocycles. The molecule has 0 atom stereocenters. The molecule has 0 aromatic heterocycles. The molecule has 2 aromatic rings. The SMILES string of the molecule is O=C1COc2ccc(C(=O)COC(=O)CSc3ccc(Cl)c(Cl)c3Cl)cc2N1. The fraction of sp³-hybridized carbons (Fsp3) is 0.167. The molecule has 0 fully saturated rings. The van der Waals surface area contributed by atoms with Crippen molar-refractivity contribution in [1.82, 2.24) is 0 Å². The molecule has 1 N–H and O–H groups in total. The van der Waals surface area contributed by atoms with Gasteiger partial charge in [0, 0.05) is 10.5 Å². The fourth-order valence-electron chi connectivity index (χ4n) is 2.28. The number of esters is 1. The molecule has 0 bridgehead atoms. The predicted octanol–water partition coefficient (Wildman–Crippen LogP) is 4.50. The van der Waals surface area contributed by atoms with Crippen LogP contribution in [0.25, 0.3) is 0 Å². The van der Waals surface area contributed by atoms with Gasteiger partial charge in [-0.1, -0.05) is 34.8 Å². The molecule has 6 nitrogen and oxygen atoms in total. The van der Waals surface area contributed by atoms with Gasteiger partial charge in [0.1, 0.15) is 5.75 Å². The van der Waals surface area contributed by atoms with Crippen molar-refractivity contribution in [3.05, 3.63) is 51.0 Å². The van der Waals surface area contributed by atoms with Crippen LogP contribution in [0.3, 0.4) is 0 Å². The molecule has 0 radical (unpaired) electrons. The average molecular weight is 461 g/mol. The minimum Gasteiger partial charge on any atom is -0.482 e. The maximum atomic E-state index is 12.2. The highest BCUT2D eigenvalue weighted by Gasteiger charge is 2.19. The Morgan fingerprint density at radius 2 is 1.93 bits per heavy atom. The zero-order valence-corrected chi connectivity index (χ0v) is 17.2. The molecule has 0 unspecified atom stereocenters. The second-order valence-corrected chi connectivity index (χ2v) is 7.77. The van der Waals surface area contributed by atoms with E-state index < -0.39 is 18.4 Å². The van der Waals surface area contributed by atoms with Gasteiger partial charge >= 0.3 is 5.97 Å². The van der Waals surface area contributed by atoms with Crippen molar-refractivity contribution in [2.75, 3.05) is 24.3 Å². The Balaban J connectivity index is 1.53. The molecule has 1 aliphatic rings. The van der Waals surface area contributed by atoms with Gasteiger partial charge in [-0.25, -0.2) is 0 Å². The number of ketones is 1. The van der Waals surface area contributed by atoms with Crippen LogP contribution in [0.15, 0.2) is 35.2 Å². The summed E-state index contributed by atoms with van der Waals surface area (Å²) in [4.78, 5) is 36.1. The highest BCUT2D eigenvalue weighted by Crippen LogP contribution is 2.37. The number of fused-ring (bicyclic) bond motifs is 1. The van der Waals surface area contributed by atoms with E-state index in [1.54, 1.807) is 18.2 Å². The van der Waals surface area contributed by atoms with Crippen LogP contribution < -0.4 is 10.1 Å². The monoisotopic (exact) mass is 459 g/mol. The lowest BCUT2D eigenvalue weighted by molar-refractivity contribution is -0.139. The minimum absolute atomic E-state index is 0.0565. The summed E-state index contributed by atoms with van der Waals surface area (Å²) in [5, 5.41) is 3.39. The normalized spacial score (nSPS) is 12.6. The predicted molar refractivity (Wildman–Crippen MR) is 108 cm³/mol. The van der Waals surface area contributed by atoms with E-state index in [0.29, 0.717) is 21.4 Å². The third-order valence-corrected chi connectivity index (χ3v) is 6.08. The Morgan fingerprint density at radius 1 is 1.14 bits per heavy atom. The van der Waals surface area contributed by atoms with E-state index in [9.17, 15) is 14.4 Å². The number of ether oxygens (including phenoxy) is 2. The quantitative estimate of drug-likeness (QED) is 0.296. The number of Topliss-reactive ketones (excluding diaryl/α,β-unsaturated/α-hetero) is 1. The van der Waals surface area contributed by atoms with Crippen molar-refractivity contribution in [3.63, 3.8) is 0 Å². The van der Waals surface area contributed by atoms with Crippen LogP contribution in [0.4, 0.5) is 5.69 Å². The lowest BCUT2D eigenvalue weighted by atomic mass is 10.1. The first kappa shape index (κ1) is 20.8. The van der Waals surface area contributed by atoms with Crippen molar-refractivity contribution >= 4 is 69.9 Å². The van der Waals surface area contributed by atoms with Crippen LogP contribution in [0.1, 0.15) is 10.4 Å². The van der Waals surface area contributed by atoms with Gasteiger partial charge in [0.15, 0.2) is 19.0 Å². The molecule has 28 heavy (non-hydrogen) atoms. The highest BCUT2D eigenvalue weighted by molar-refractivity contribution is 8.00. The summed E-state index contributed by atoms with van der Waals surface area (Å²) in [5.41, 5.74) is 0.691. The van der Waals surface area contributed by atoms with Gasteiger partial charge in [0.05, 0.1) is 26.5 Å². The fourth-order valence-corrected chi connectivity index (χ4v) is 3.79. The van der Waals surface area contributed by atoms with Gasteiger partial charge in [-0.2, -0.15) is 0 Å². The van der Waals surface area contributed by atoms with Crippen LogP contribution >= 0.6 is 46.6 Å². The van der Waals surface area contributed by atoms with Crippen molar-refractivity contribution < 1.29 is 23.9 Å². The molecule has 1 heterocycles. The number of benzene rings is 2. The van der Waals surface area contributed by atoms with Crippen molar-refractivity contribution in [1.29, 1.82) is 0 Å². The molecule has 0 saturated carbocycles. The molecule has 0 saturated heterocycles. The molecule has 10 heteroatoms. The van der Waals surface area contributed by atoms with Gasteiger partial charge in [-0.05, 0) is 30.3 Å².